The molecule has 0 fully saturated rings. The van der Waals surface area contributed by atoms with Crippen LogP contribution in [0.5, 0.6) is 11.5 Å². The normalized spacial score (nSPS) is 10.0. The van der Waals surface area contributed by atoms with E-state index < -0.39 is 16.3 Å². The van der Waals surface area contributed by atoms with E-state index in [9.17, 15) is 14.4 Å². The van der Waals surface area contributed by atoms with Crippen molar-refractivity contribution in [2.75, 3.05) is 14.2 Å². The van der Waals surface area contributed by atoms with E-state index in [2.05, 4.69) is 0 Å². The molecule has 0 heterocycles. The third-order valence-corrected chi connectivity index (χ3v) is 2.43. The van der Waals surface area contributed by atoms with Crippen LogP contribution in [-0.2, 0) is 0 Å². The summed E-state index contributed by atoms with van der Waals surface area (Å²) in [5.74, 6) is 0.634. The van der Waals surface area contributed by atoms with Crippen molar-refractivity contribution in [3.05, 3.63) is 42.8 Å². The molecule has 6 heteroatoms. The first-order valence-corrected chi connectivity index (χ1v) is 4.49. The molecule has 0 aromatic heterocycles. The summed E-state index contributed by atoms with van der Waals surface area (Å²) in [6.45, 7) is 0. The summed E-state index contributed by atoms with van der Waals surface area (Å²) >= 11 is 0. The van der Waals surface area contributed by atoms with Gasteiger partial charge in [-0.05, 0) is 12.1 Å². The van der Waals surface area contributed by atoms with Crippen LogP contribution >= 0.6 is 0 Å². The predicted octanol–water partition coefficient (Wildman–Crippen LogP) is -1.01. The van der Waals surface area contributed by atoms with Crippen molar-refractivity contribution in [3.8, 4) is 11.5 Å². The Balaban J connectivity index is 0.00000144. The maximum absolute atomic E-state index is 11.4. The summed E-state index contributed by atoms with van der Waals surface area (Å²) < 4.78 is 9.96. The Morgan fingerprint density at radius 3 is 1.41 bits per heavy atom. The molecule has 0 saturated heterocycles. The Bertz CT molecular complexity index is 635. The fourth-order valence-electron chi connectivity index (χ4n) is 1.60. The second kappa shape index (κ2) is 4.34. The fourth-order valence-corrected chi connectivity index (χ4v) is 1.60. The maximum Gasteiger partial charge on any atom is 0.273 e. The molecule has 2 N–H and O–H groups in total. The highest BCUT2D eigenvalue weighted by Crippen LogP contribution is 2.29. The molecule has 2 aromatic carbocycles. The number of hydrogen-bond acceptors (Lipinski definition) is 5. The topological polar surface area (TPSA) is 101 Å². The molecule has 0 aliphatic heterocycles. The van der Waals surface area contributed by atoms with Crippen LogP contribution in [0.2, 0.25) is 0 Å². The Kier molecular flexibility index (Phi) is 3.28. The molecule has 17 heavy (non-hydrogen) atoms. The molecular weight excluding hydrogens is 228 g/mol. The molecule has 0 aliphatic carbocycles. The van der Waals surface area contributed by atoms with Crippen LogP contribution in [0.4, 0.5) is 0 Å². The summed E-state index contributed by atoms with van der Waals surface area (Å²) in [5.41, 5.74) is -2.59. The van der Waals surface area contributed by atoms with Gasteiger partial charge in [-0.15, -0.1) is 0 Å². The van der Waals surface area contributed by atoms with Gasteiger partial charge in [0.15, 0.2) is 11.5 Å². The molecule has 2 rings (SSSR count). The van der Waals surface area contributed by atoms with Crippen LogP contribution in [0.1, 0.15) is 0 Å². The highest BCUT2D eigenvalue weighted by Gasteiger charge is 2.16. The summed E-state index contributed by atoms with van der Waals surface area (Å²) in [6.07, 6.45) is 0. The lowest BCUT2D eigenvalue weighted by Gasteiger charge is -2.06. The van der Waals surface area contributed by atoms with E-state index >= 15 is 0 Å². The monoisotopic (exact) mass is 238 g/mol. The zero-order chi connectivity index (χ0) is 11.9. The Labute approximate surface area is 95.0 Å². The molecule has 0 saturated carbocycles. The van der Waals surface area contributed by atoms with E-state index in [1.807, 2.05) is 0 Å². The molecule has 6 nitrogen and oxygen atoms in total. The third-order valence-electron chi connectivity index (χ3n) is 2.43. The van der Waals surface area contributed by atoms with Gasteiger partial charge in [-0.3, -0.25) is 14.4 Å². The largest absolute Gasteiger partial charge is 0.493 e. The van der Waals surface area contributed by atoms with Gasteiger partial charge in [-0.1, -0.05) is 0 Å². The lowest BCUT2D eigenvalue weighted by Crippen LogP contribution is -2.29. The van der Waals surface area contributed by atoms with Gasteiger partial charge in [0.1, 0.15) is 0 Å². The van der Waals surface area contributed by atoms with Gasteiger partial charge in [0.25, 0.3) is 5.43 Å². The van der Waals surface area contributed by atoms with E-state index in [1.165, 1.54) is 26.4 Å². The molecule has 0 radical (unpaired) electrons. The summed E-state index contributed by atoms with van der Waals surface area (Å²) in [6, 6.07) is 2.69. The van der Waals surface area contributed by atoms with Crippen LogP contribution in [0, 0.1) is 0 Å². The molecule has 0 spiro atoms. The van der Waals surface area contributed by atoms with Gasteiger partial charge in [0.05, 0.1) is 14.2 Å². The van der Waals surface area contributed by atoms with Crippen molar-refractivity contribution in [1.29, 1.82) is 0 Å². The number of benzene rings is 1. The van der Waals surface area contributed by atoms with Crippen molar-refractivity contribution in [2.45, 2.75) is 0 Å². The first-order chi connectivity index (χ1) is 7.60. The minimum atomic E-state index is -1.01. The van der Waals surface area contributed by atoms with Gasteiger partial charge < -0.3 is 14.9 Å². The molecular formula is C11H10O6. The van der Waals surface area contributed by atoms with Crippen LogP contribution in [0.25, 0.3) is 10.8 Å². The second-order valence-corrected chi connectivity index (χ2v) is 3.24. The molecule has 0 bridgehead atoms. The van der Waals surface area contributed by atoms with Gasteiger partial charge in [0.2, 0.25) is 10.9 Å². The van der Waals surface area contributed by atoms with Crippen molar-refractivity contribution >= 4 is 10.8 Å². The molecule has 0 unspecified atom stereocenters. The summed E-state index contributed by atoms with van der Waals surface area (Å²) in [4.78, 5) is 34.0. The number of rotatable bonds is 2. The van der Waals surface area contributed by atoms with Crippen LogP contribution in [0.15, 0.2) is 26.5 Å². The highest BCUT2D eigenvalue weighted by molar-refractivity contribution is 5.87. The van der Waals surface area contributed by atoms with Crippen molar-refractivity contribution in [1.82, 2.24) is 0 Å². The Morgan fingerprint density at radius 1 is 0.765 bits per heavy atom. The minimum Gasteiger partial charge on any atom is -0.493 e. The van der Waals surface area contributed by atoms with Gasteiger partial charge >= 0.3 is 0 Å². The molecule has 0 atom stereocenters. The van der Waals surface area contributed by atoms with Gasteiger partial charge in [0, 0.05) is 10.8 Å². The van der Waals surface area contributed by atoms with Gasteiger partial charge in [-0.25, -0.2) is 0 Å². The number of methoxy groups -OCH3 is 2. The van der Waals surface area contributed by atoms with E-state index in [4.69, 9.17) is 9.47 Å². The molecule has 2 aromatic rings. The average molecular weight is 238 g/mol. The van der Waals surface area contributed by atoms with E-state index in [0.29, 0.717) is 11.5 Å². The SMILES string of the molecule is COc1cc2c(=O)c(=O)c(=O)c2cc1OC.O. The van der Waals surface area contributed by atoms with E-state index in [0.717, 1.165) is 0 Å². The van der Waals surface area contributed by atoms with Crippen molar-refractivity contribution < 1.29 is 14.9 Å². The predicted molar refractivity (Wildman–Crippen MR) is 61.8 cm³/mol. The van der Waals surface area contributed by atoms with Crippen molar-refractivity contribution in [3.63, 3.8) is 0 Å². The Morgan fingerprint density at radius 2 is 1.12 bits per heavy atom. The molecule has 0 aliphatic rings. The second-order valence-electron chi connectivity index (χ2n) is 3.24. The third kappa shape index (κ3) is 1.68. The van der Waals surface area contributed by atoms with Gasteiger partial charge in [-0.2, -0.15) is 0 Å². The lowest BCUT2D eigenvalue weighted by atomic mass is 10.2. The molecule has 90 valence electrons. The summed E-state index contributed by atoms with van der Waals surface area (Å²) in [7, 11) is 2.82. The van der Waals surface area contributed by atoms with Crippen LogP contribution < -0.4 is 25.8 Å². The number of ether oxygens (including phenoxy) is 2. The fraction of sp³-hybridized carbons (Fsp3) is 0.182. The zero-order valence-corrected chi connectivity index (χ0v) is 9.20. The molecule has 0 amide bonds. The van der Waals surface area contributed by atoms with Crippen LogP contribution in [-0.4, -0.2) is 19.7 Å². The lowest BCUT2D eigenvalue weighted by molar-refractivity contribution is 0.356. The maximum atomic E-state index is 11.4. The quantitative estimate of drug-likeness (QED) is 0.624. The standard InChI is InChI=1S/C11H8O5.H2O/c1-15-7-3-5-6(4-8(7)16-2)10(13)11(14)9(5)12;/h3-4H,1-2H3;1H2. The first-order valence-electron chi connectivity index (χ1n) is 4.49. The van der Waals surface area contributed by atoms with E-state index in [1.54, 1.807) is 0 Å². The number of hydrogen-bond donors (Lipinski definition) is 0. The smallest absolute Gasteiger partial charge is 0.273 e. The number of fused-ring (bicyclic) bond motifs is 1. The van der Waals surface area contributed by atoms with Crippen molar-refractivity contribution in [2.24, 2.45) is 0 Å². The highest BCUT2D eigenvalue weighted by atomic mass is 16.5. The van der Waals surface area contributed by atoms with E-state index in [-0.39, 0.29) is 16.2 Å². The summed E-state index contributed by atoms with van der Waals surface area (Å²) in [5, 5.41) is 0.153. The zero-order valence-electron chi connectivity index (χ0n) is 9.20. The first kappa shape index (κ1) is 12.9. The Hall–Kier alpha value is -2.21. The minimum absolute atomic E-state index is 0. The average Bonchev–Trinajstić information content (AvgIpc) is 2.52. The van der Waals surface area contributed by atoms with Crippen LogP contribution in [0.3, 0.4) is 0 Å².